The topological polar surface area (TPSA) is 104 Å². The molecule has 3 rings (SSSR count). The van der Waals surface area contributed by atoms with E-state index in [-0.39, 0.29) is 12.0 Å². The lowest BCUT2D eigenvalue weighted by molar-refractivity contribution is 0.439. The van der Waals surface area contributed by atoms with Gasteiger partial charge in [0, 0.05) is 16.0 Å². The summed E-state index contributed by atoms with van der Waals surface area (Å²) in [5.74, 6) is 6.56. The molecule has 2 heterocycles. The lowest BCUT2D eigenvalue weighted by atomic mass is 10.3. The van der Waals surface area contributed by atoms with E-state index in [9.17, 15) is 0 Å². The molecular formula is C12H10IN7O. The molecule has 0 amide bonds. The first-order chi connectivity index (χ1) is 10.2. The van der Waals surface area contributed by atoms with Crippen LogP contribution in [0.1, 0.15) is 0 Å². The normalized spacial score (nSPS) is 10.4. The van der Waals surface area contributed by atoms with Gasteiger partial charge in [0.25, 0.3) is 0 Å². The number of benzene rings is 1. The van der Waals surface area contributed by atoms with E-state index < -0.39 is 0 Å². The highest BCUT2D eigenvalue weighted by molar-refractivity contribution is 14.1. The molecule has 2 aromatic heterocycles. The molecule has 3 aromatic rings. The van der Waals surface area contributed by atoms with Crippen molar-refractivity contribution in [3.8, 4) is 17.7 Å². The number of nitrogens with one attached hydrogen (secondary N) is 1. The van der Waals surface area contributed by atoms with Gasteiger partial charge in [0.2, 0.25) is 11.9 Å². The average Bonchev–Trinajstić information content (AvgIpc) is 3.04. The van der Waals surface area contributed by atoms with Crippen molar-refractivity contribution < 1.29 is 4.74 Å². The largest absolute Gasteiger partial charge is 0.424 e. The number of nitrogens with zero attached hydrogens (tertiary/aromatic N) is 5. The number of nitrogens with two attached hydrogens (primary N) is 1. The third kappa shape index (κ3) is 3.25. The molecular weight excluding hydrogens is 385 g/mol. The lowest BCUT2D eigenvalue weighted by Crippen LogP contribution is -2.13. The second-order valence-electron chi connectivity index (χ2n) is 3.91. The molecule has 0 saturated heterocycles. The van der Waals surface area contributed by atoms with E-state index in [4.69, 9.17) is 10.6 Å². The maximum Gasteiger partial charge on any atom is 0.328 e. The number of hydrogen-bond acceptors (Lipinski definition) is 7. The quantitative estimate of drug-likeness (QED) is 0.394. The maximum absolute atomic E-state index is 5.62. The molecule has 106 valence electrons. The first-order valence-corrected chi connectivity index (χ1v) is 6.97. The molecule has 9 heteroatoms. The number of hydrazine groups is 1. The monoisotopic (exact) mass is 395 g/mol. The Hall–Kier alpha value is -2.27. The molecule has 0 spiro atoms. The average molecular weight is 395 g/mol. The van der Waals surface area contributed by atoms with Crippen molar-refractivity contribution in [2.75, 3.05) is 5.43 Å². The second-order valence-corrected chi connectivity index (χ2v) is 5.16. The fourth-order valence-electron chi connectivity index (χ4n) is 1.56. The van der Waals surface area contributed by atoms with E-state index in [0.717, 1.165) is 3.57 Å². The summed E-state index contributed by atoms with van der Waals surface area (Å²) in [6, 6.07) is 7.66. The predicted molar refractivity (Wildman–Crippen MR) is 84.0 cm³/mol. The van der Waals surface area contributed by atoms with Crippen LogP contribution >= 0.6 is 22.6 Å². The van der Waals surface area contributed by atoms with Gasteiger partial charge in [0.15, 0.2) is 0 Å². The van der Waals surface area contributed by atoms with Gasteiger partial charge in [-0.1, -0.05) is 0 Å². The summed E-state index contributed by atoms with van der Waals surface area (Å²) in [5, 5.41) is 0. The zero-order valence-corrected chi connectivity index (χ0v) is 12.8. The number of aromatic nitrogens is 5. The fourth-order valence-corrected chi connectivity index (χ4v) is 1.92. The number of imidazole rings is 1. The van der Waals surface area contributed by atoms with Crippen LogP contribution in [0, 0.1) is 3.57 Å². The van der Waals surface area contributed by atoms with Crippen LogP contribution in [0.15, 0.2) is 43.0 Å². The minimum atomic E-state index is 0.142. The van der Waals surface area contributed by atoms with Gasteiger partial charge >= 0.3 is 6.01 Å². The highest BCUT2D eigenvalue weighted by atomic mass is 127. The Balaban J connectivity index is 1.94. The van der Waals surface area contributed by atoms with Crippen LogP contribution in [-0.2, 0) is 0 Å². The first kappa shape index (κ1) is 13.7. The molecule has 0 saturated carbocycles. The van der Waals surface area contributed by atoms with Crippen LogP contribution in [0.5, 0.6) is 11.8 Å². The van der Waals surface area contributed by atoms with Crippen LogP contribution in [-0.4, -0.2) is 24.5 Å². The van der Waals surface area contributed by atoms with Gasteiger partial charge in [0.1, 0.15) is 12.1 Å². The summed E-state index contributed by atoms with van der Waals surface area (Å²) in [6.07, 6.45) is 4.91. The van der Waals surface area contributed by atoms with Crippen molar-refractivity contribution in [1.82, 2.24) is 24.5 Å². The Bertz CT molecular complexity index is 730. The molecule has 8 nitrogen and oxygen atoms in total. The van der Waals surface area contributed by atoms with Gasteiger partial charge in [-0.2, -0.15) is 15.0 Å². The van der Waals surface area contributed by atoms with Crippen LogP contribution < -0.4 is 16.0 Å². The minimum absolute atomic E-state index is 0.142. The molecule has 0 radical (unpaired) electrons. The van der Waals surface area contributed by atoms with Crippen LogP contribution in [0.3, 0.4) is 0 Å². The fraction of sp³-hybridized carbons (Fsp3) is 0. The molecule has 0 aliphatic rings. The van der Waals surface area contributed by atoms with Gasteiger partial charge < -0.3 is 4.74 Å². The van der Waals surface area contributed by atoms with E-state index in [0.29, 0.717) is 11.7 Å². The number of nitrogen functional groups attached to an aromatic ring is 1. The smallest absolute Gasteiger partial charge is 0.328 e. The Morgan fingerprint density at radius 2 is 1.95 bits per heavy atom. The Kier molecular flexibility index (Phi) is 3.92. The second kappa shape index (κ2) is 6.01. The van der Waals surface area contributed by atoms with E-state index in [1.54, 1.807) is 23.3 Å². The first-order valence-electron chi connectivity index (χ1n) is 5.89. The molecule has 0 unspecified atom stereocenters. The summed E-state index contributed by atoms with van der Waals surface area (Å²) in [5.41, 5.74) is 2.39. The van der Waals surface area contributed by atoms with Crippen molar-refractivity contribution in [1.29, 1.82) is 0 Å². The van der Waals surface area contributed by atoms with Crippen molar-refractivity contribution >= 4 is 28.5 Å². The minimum Gasteiger partial charge on any atom is -0.424 e. The standard InChI is InChI=1S/C12H10IN7O/c13-8-1-3-9(4-2-8)21-12-17-10(19-14)16-11(18-12)20-6-5-15-7-20/h1-7H,14H2,(H,16,17,18,19). The van der Waals surface area contributed by atoms with Crippen molar-refractivity contribution in [2.24, 2.45) is 5.84 Å². The van der Waals surface area contributed by atoms with E-state index in [1.165, 1.54) is 0 Å². The van der Waals surface area contributed by atoms with Gasteiger partial charge in [-0.3, -0.25) is 9.99 Å². The molecule has 21 heavy (non-hydrogen) atoms. The Labute approximate surface area is 133 Å². The van der Waals surface area contributed by atoms with Crippen LogP contribution in [0.4, 0.5) is 5.95 Å². The summed E-state index contributed by atoms with van der Waals surface area (Å²) in [7, 11) is 0. The van der Waals surface area contributed by atoms with Crippen LogP contribution in [0.2, 0.25) is 0 Å². The highest BCUT2D eigenvalue weighted by Crippen LogP contribution is 2.20. The summed E-state index contributed by atoms with van der Waals surface area (Å²) in [6.45, 7) is 0. The lowest BCUT2D eigenvalue weighted by Gasteiger charge is -2.07. The Morgan fingerprint density at radius 3 is 2.62 bits per heavy atom. The van der Waals surface area contributed by atoms with E-state index >= 15 is 0 Å². The van der Waals surface area contributed by atoms with E-state index in [2.05, 4.69) is 48.0 Å². The third-order valence-electron chi connectivity index (χ3n) is 2.49. The maximum atomic E-state index is 5.62. The molecule has 1 aromatic carbocycles. The van der Waals surface area contributed by atoms with Crippen LogP contribution in [0.25, 0.3) is 5.95 Å². The van der Waals surface area contributed by atoms with Gasteiger partial charge in [-0.05, 0) is 46.9 Å². The summed E-state index contributed by atoms with van der Waals surface area (Å²) < 4.78 is 8.36. The SMILES string of the molecule is NNc1nc(Oc2ccc(I)cc2)nc(-n2ccnc2)n1. The molecule has 3 N–H and O–H groups in total. The molecule has 0 aliphatic heterocycles. The zero-order chi connectivity index (χ0) is 14.7. The summed E-state index contributed by atoms with van der Waals surface area (Å²) in [4.78, 5) is 16.4. The molecule has 0 fully saturated rings. The number of halogens is 1. The molecule has 0 bridgehead atoms. The van der Waals surface area contributed by atoms with E-state index in [1.807, 2.05) is 24.3 Å². The number of rotatable bonds is 4. The molecule has 0 atom stereocenters. The number of anilines is 1. The highest BCUT2D eigenvalue weighted by Gasteiger charge is 2.09. The summed E-state index contributed by atoms with van der Waals surface area (Å²) >= 11 is 2.22. The van der Waals surface area contributed by atoms with Gasteiger partial charge in [-0.15, -0.1) is 0 Å². The predicted octanol–water partition coefficient (Wildman–Crippen LogP) is 1.74. The third-order valence-corrected chi connectivity index (χ3v) is 3.21. The van der Waals surface area contributed by atoms with Crippen molar-refractivity contribution in [3.05, 3.63) is 46.6 Å². The van der Waals surface area contributed by atoms with Crippen molar-refractivity contribution in [2.45, 2.75) is 0 Å². The zero-order valence-electron chi connectivity index (χ0n) is 10.6. The molecule has 0 aliphatic carbocycles. The van der Waals surface area contributed by atoms with Gasteiger partial charge in [0.05, 0.1) is 0 Å². The Morgan fingerprint density at radius 1 is 1.14 bits per heavy atom. The van der Waals surface area contributed by atoms with Crippen molar-refractivity contribution in [3.63, 3.8) is 0 Å². The number of hydrogen-bond donors (Lipinski definition) is 2. The van der Waals surface area contributed by atoms with Gasteiger partial charge in [-0.25, -0.2) is 10.8 Å². The number of ether oxygens (including phenoxy) is 1.